The van der Waals surface area contributed by atoms with E-state index in [0.717, 1.165) is 12.0 Å². The Hall–Kier alpha value is -2.29. The molecule has 3 rings (SSSR count). The SMILES string of the molecule is CC(C)(C)c1ccc(-c2ccc3c(c2)CC(C)(C)[C@H]3NC(=O)O)cc1. The van der Waals surface area contributed by atoms with E-state index in [1.54, 1.807) is 0 Å². The van der Waals surface area contributed by atoms with Crippen LogP contribution in [-0.4, -0.2) is 11.2 Å². The molecule has 0 heterocycles. The van der Waals surface area contributed by atoms with E-state index in [9.17, 15) is 4.79 Å². The smallest absolute Gasteiger partial charge is 0.405 e. The van der Waals surface area contributed by atoms with Crippen LogP contribution in [-0.2, 0) is 11.8 Å². The summed E-state index contributed by atoms with van der Waals surface area (Å²) in [5.41, 5.74) is 6.08. The highest BCUT2D eigenvalue weighted by Gasteiger charge is 2.39. The van der Waals surface area contributed by atoms with Gasteiger partial charge < -0.3 is 10.4 Å². The fourth-order valence-electron chi connectivity index (χ4n) is 3.79. The number of carboxylic acid groups (broad SMARTS) is 1. The molecule has 25 heavy (non-hydrogen) atoms. The Bertz CT molecular complexity index is 798. The molecule has 2 aromatic rings. The van der Waals surface area contributed by atoms with E-state index in [1.807, 2.05) is 0 Å². The second-order valence-corrected chi connectivity index (χ2v) is 8.79. The predicted molar refractivity (Wildman–Crippen MR) is 102 cm³/mol. The number of rotatable bonds is 2. The summed E-state index contributed by atoms with van der Waals surface area (Å²) < 4.78 is 0. The molecule has 0 spiro atoms. The number of hydrogen-bond acceptors (Lipinski definition) is 1. The van der Waals surface area contributed by atoms with Gasteiger partial charge in [0.15, 0.2) is 0 Å². The summed E-state index contributed by atoms with van der Waals surface area (Å²) in [4.78, 5) is 11.1. The van der Waals surface area contributed by atoms with Crippen molar-refractivity contribution in [2.75, 3.05) is 0 Å². The minimum atomic E-state index is -0.965. The van der Waals surface area contributed by atoms with Crippen molar-refractivity contribution < 1.29 is 9.90 Å². The van der Waals surface area contributed by atoms with E-state index in [0.29, 0.717) is 0 Å². The van der Waals surface area contributed by atoms with Gasteiger partial charge in [-0.1, -0.05) is 77.1 Å². The molecule has 1 atom stereocenters. The van der Waals surface area contributed by atoms with Crippen molar-refractivity contribution in [2.24, 2.45) is 5.41 Å². The van der Waals surface area contributed by atoms with Crippen LogP contribution in [0.5, 0.6) is 0 Å². The normalized spacial score (nSPS) is 18.7. The molecule has 0 unspecified atom stereocenters. The standard InChI is InChI=1S/C22H27NO2/c1-21(2,3)17-9-6-14(7-10-17)15-8-11-18-16(12-15)13-22(4,5)19(18)23-20(24)25/h6-12,19,23H,13H2,1-5H3,(H,24,25)/t19-/m0/s1. The zero-order valence-corrected chi connectivity index (χ0v) is 15.7. The van der Waals surface area contributed by atoms with Gasteiger partial charge in [-0.3, -0.25) is 0 Å². The third kappa shape index (κ3) is 3.41. The molecule has 0 bridgehead atoms. The molecule has 0 saturated carbocycles. The Morgan fingerprint density at radius 2 is 1.68 bits per heavy atom. The minimum Gasteiger partial charge on any atom is -0.465 e. The van der Waals surface area contributed by atoms with Crippen molar-refractivity contribution in [3.05, 3.63) is 59.2 Å². The Morgan fingerprint density at radius 3 is 2.24 bits per heavy atom. The third-order valence-corrected chi connectivity index (χ3v) is 5.23. The molecule has 1 aliphatic rings. The van der Waals surface area contributed by atoms with Gasteiger partial charge in [-0.15, -0.1) is 0 Å². The van der Waals surface area contributed by atoms with Crippen molar-refractivity contribution in [1.82, 2.24) is 5.32 Å². The molecule has 132 valence electrons. The molecule has 3 nitrogen and oxygen atoms in total. The van der Waals surface area contributed by atoms with Crippen LogP contribution < -0.4 is 5.32 Å². The molecule has 0 fully saturated rings. The second-order valence-electron chi connectivity index (χ2n) is 8.79. The number of hydrogen-bond donors (Lipinski definition) is 2. The van der Waals surface area contributed by atoms with Crippen LogP contribution in [0.25, 0.3) is 11.1 Å². The van der Waals surface area contributed by atoms with Crippen molar-refractivity contribution >= 4 is 6.09 Å². The maximum Gasteiger partial charge on any atom is 0.405 e. The molecule has 1 aliphatic carbocycles. The topological polar surface area (TPSA) is 49.3 Å². The van der Waals surface area contributed by atoms with E-state index in [-0.39, 0.29) is 16.9 Å². The third-order valence-electron chi connectivity index (χ3n) is 5.23. The van der Waals surface area contributed by atoms with Gasteiger partial charge in [0.1, 0.15) is 0 Å². The highest BCUT2D eigenvalue weighted by molar-refractivity contribution is 5.68. The van der Waals surface area contributed by atoms with Gasteiger partial charge in [-0.25, -0.2) is 4.79 Å². The van der Waals surface area contributed by atoms with Crippen molar-refractivity contribution in [2.45, 2.75) is 52.5 Å². The quantitative estimate of drug-likeness (QED) is 0.755. The van der Waals surface area contributed by atoms with Crippen LogP contribution >= 0.6 is 0 Å². The molecule has 2 aromatic carbocycles. The maximum atomic E-state index is 11.1. The van der Waals surface area contributed by atoms with Crippen LogP contribution in [0.3, 0.4) is 0 Å². The van der Waals surface area contributed by atoms with Gasteiger partial charge in [0.2, 0.25) is 0 Å². The van der Waals surface area contributed by atoms with Crippen LogP contribution in [0.4, 0.5) is 4.79 Å². The second kappa shape index (κ2) is 5.91. The zero-order valence-electron chi connectivity index (χ0n) is 15.7. The lowest BCUT2D eigenvalue weighted by Crippen LogP contribution is -2.34. The summed E-state index contributed by atoms with van der Waals surface area (Å²) in [5, 5.41) is 11.8. The van der Waals surface area contributed by atoms with Crippen molar-refractivity contribution in [1.29, 1.82) is 0 Å². The Balaban J connectivity index is 1.94. The fraction of sp³-hybridized carbons (Fsp3) is 0.409. The molecule has 0 aromatic heterocycles. The van der Waals surface area contributed by atoms with E-state index < -0.39 is 6.09 Å². The van der Waals surface area contributed by atoms with E-state index in [4.69, 9.17) is 5.11 Å². The molecule has 0 radical (unpaired) electrons. The molecule has 0 aliphatic heterocycles. The number of benzene rings is 2. The highest BCUT2D eigenvalue weighted by Crippen LogP contribution is 2.46. The fourth-order valence-corrected chi connectivity index (χ4v) is 3.79. The van der Waals surface area contributed by atoms with Crippen LogP contribution in [0, 0.1) is 5.41 Å². The first-order chi connectivity index (χ1) is 11.6. The van der Waals surface area contributed by atoms with Crippen molar-refractivity contribution in [3.63, 3.8) is 0 Å². The molecule has 1 amide bonds. The van der Waals surface area contributed by atoms with Gasteiger partial charge in [0, 0.05) is 0 Å². The number of nitrogens with one attached hydrogen (secondary N) is 1. The van der Waals surface area contributed by atoms with Gasteiger partial charge in [-0.2, -0.15) is 0 Å². The lowest BCUT2D eigenvalue weighted by atomic mass is 9.85. The molecule has 2 N–H and O–H groups in total. The minimum absolute atomic E-state index is 0.116. The maximum absolute atomic E-state index is 11.1. The molecule has 3 heteroatoms. The first-order valence-electron chi connectivity index (χ1n) is 8.81. The summed E-state index contributed by atoms with van der Waals surface area (Å²) in [6.45, 7) is 10.9. The van der Waals surface area contributed by atoms with Crippen molar-refractivity contribution in [3.8, 4) is 11.1 Å². The first kappa shape index (κ1) is 17.5. The highest BCUT2D eigenvalue weighted by atomic mass is 16.4. The average molecular weight is 337 g/mol. The lowest BCUT2D eigenvalue weighted by molar-refractivity contribution is 0.175. The molecular formula is C22H27NO2. The first-order valence-corrected chi connectivity index (χ1v) is 8.81. The van der Waals surface area contributed by atoms with Gasteiger partial charge >= 0.3 is 6.09 Å². The summed E-state index contributed by atoms with van der Waals surface area (Å²) in [5.74, 6) is 0. The Morgan fingerprint density at radius 1 is 1.08 bits per heavy atom. The monoisotopic (exact) mass is 337 g/mol. The number of fused-ring (bicyclic) bond motifs is 1. The van der Waals surface area contributed by atoms with E-state index in [1.165, 1.54) is 22.3 Å². The Kier molecular flexibility index (Phi) is 4.14. The largest absolute Gasteiger partial charge is 0.465 e. The van der Waals surface area contributed by atoms with Crippen LogP contribution in [0.15, 0.2) is 42.5 Å². The van der Waals surface area contributed by atoms with Gasteiger partial charge in [-0.05, 0) is 45.1 Å². The van der Waals surface area contributed by atoms with Gasteiger partial charge in [0.05, 0.1) is 6.04 Å². The van der Waals surface area contributed by atoms with Crippen LogP contribution in [0.1, 0.15) is 57.4 Å². The van der Waals surface area contributed by atoms with Crippen LogP contribution in [0.2, 0.25) is 0 Å². The summed E-state index contributed by atoms with van der Waals surface area (Å²) in [6.07, 6.45) is -0.0888. The summed E-state index contributed by atoms with van der Waals surface area (Å²) in [7, 11) is 0. The molecular weight excluding hydrogens is 310 g/mol. The van der Waals surface area contributed by atoms with E-state index in [2.05, 4.69) is 82.4 Å². The zero-order chi connectivity index (χ0) is 18.4. The lowest BCUT2D eigenvalue weighted by Gasteiger charge is -2.27. The van der Waals surface area contributed by atoms with E-state index >= 15 is 0 Å². The number of carbonyl (C=O) groups is 1. The Labute approximate surface area is 150 Å². The predicted octanol–water partition coefficient (Wildman–Crippen LogP) is 5.54. The summed E-state index contributed by atoms with van der Waals surface area (Å²) >= 11 is 0. The average Bonchev–Trinajstić information content (AvgIpc) is 2.76. The van der Waals surface area contributed by atoms with Gasteiger partial charge in [0.25, 0.3) is 0 Å². The number of amides is 1. The molecule has 0 saturated heterocycles. The summed E-state index contributed by atoms with van der Waals surface area (Å²) in [6, 6.07) is 15.0.